The van der Waals surface area contributed by atoms with Gasteiger partial charge in [-0.15, -0.1) is 21.0 Å². The smallest absolute Gasteiger partial charge is 0.292 e. The lowest BCUT2D eigenvalue weighted by Crippen LogP contribution is -1.97. The lowest BCUT2D eigenvalue weighted by molar-refractivity contribution is 0.503. The molecule has 0 aliphatic heterocycles. The Bertz CT molecular complexity index is 1940. The van der Waals surface area contributed by atoms with Gasteiger partial charge >= 0.3 is 0 Å². The second-order valence-corrected chi connectivity index (χ2v) is 11.9. The Kier molecular flexibility index (Phi) is 13.6. The zero-order chi connectivity index (χ0) is 35.4. The molecule has 0 aliphatic rings. The van der Waals surface area contributed by atoms with Gasteiger partial charge in [-0.3, -0.25) is 0 Å². The van der Waals surface area contributed by atoms with E-state index >= 15 is 0 Å². The molecule has 4 aromatic rings. The Labute approximate surface area is 298 Å². The molecule has 0 saturated carbocycles. The number of hydrogen-bond donors (Lipinski definition) is 0. The molecule has 12 heteroatoms. The van der Waals surface area contributed by atoms with Gasteiger partial charge in [-0.2, -0.15) is 0 Å². The highest BCUT2D eigenvalue weighted by atomic mass is 35.5. The van der Waals surface area contributed by atoms with E-state index in [-0.39, 0.29) is 8.98 Å². The van der Waals surface area contributed by atoms with E-state index in [9.17, 15) is 0 Å². The zero-order valence-corrected chi connectivity index (χ0v) is 28.9. The Morgan fingerprint density at radius 3 is 1.12 bits per heavy atom. The molecule has 0 aromatic heterocycles. The van der Waals surface area contributed by atoms with Gasteiger partial charge in [0, 0.05) is 11.1 Å². The van der Waals surface area contributed by atoms with Crippen LogP contribution in [0.1, 0.15) is 44.5 Å². The number of ether oxygens (including phenoxy) is 4. The molecule has 0 aliphatic carbocycles. The number of rotatable bonds is 8. The minimum Gasteiger partial charge on any atom is -0.388 e. The Hall–Kier alpha value is -5.32. The summed E-state index contributed by atoms with van der Waals surface area (Å²) in [6, 6.07) is 21.0. The van der Waals surface area contributed by atoms with Gasteiger partial charge in [0.05, 0.1) is 0 Å². The van der Waals surface area contributed by atoms with Crippen LogP contribution in [0.3, 0.4) is 0 Å². The fourth-order valence-electron chi connectivity index (χ4n) is 4.74. The van der Waals surface area contributed by atoms with Gasteiger partial charge in [-0.25, -0.2) is 0 Å². The molecule has 4 aromatic carbocycles. The van der Waals surface area contributed by atoms with Crippen LogP contribution in [0.25, 0.3) is 11.1 Å². The average molecular weight is 718 g/mol. The molecule has 0 N–H and O–H groups in total. The van der Waals surface area contributed by atoms with E-state index in [1.165, 1.54) is 0 Å². The summed E-state index contributed by atoms with van der Waals surface area (Å²) in [7, 11) is 0. The first-order valence-corrected chi connectivity index (χ1v) is 15.2. The van der Waals surface area contributed by atoms with Gasteiger partial charge in [0.2, 0.25) is 0 Å². The van der Waals surface area contributed by atoms with Crippen LogP contribution in [-0.2, 0) is 0 Å². The van der Waals surface area contributed by atoms with Crippen LogP contribution in [0.2, 0.25) is 0 Å². The standard InChI is InChI=1S/2C18H12Cl2N2O2/c1-11-7-13(23-9-21)3-5-15(11)17(18(19)20)16-6-4-14(24-10-22)8-12(16)2;1-11-7-13(3-5-15(11)23-9-21)17(18(19)20)14-4-6-16(24-10-22)12(2)8-14/h2*3-8H,1-2H3. The Morgan fingerprint density at radius 2 is 0.833 bits per heavy atom. The molecule has 0 fully saturated rings. The minimum absolute atomic E-state index is 0.108. The van der Waals surface area contributed by atoms with Crippen molar-refractivity contribution in [2.24, 2.45) is 0 Å². The van der Waals surface area contributed by atoms with Gasteiger partial charge in [0.1, 0.15) is 32.0 Å². The van der Waals surface area contributed by atoms with Crippen molar-refractivity contribution in [1.82, 2.24) is 0 Å². The van der Waals surface area contributed by atoms with Crippen LogP contribution in [0.5, 0.6) is 23.0 Å². The Balaban J connectivity index is 0.000000260. The van der Waals surface area contributed by atoms with Gasteiger partial charge in [-0.05, 0) is 121 Å². The van der Waals surface area contributed by atoms with Crippen molar-refractivity contribution in [2.75, 3.05) is 0 Å². The number of benzene rings is 4. The van der Waals surface area contributed by atoms with Crippen molar-refractivity contribution in [2.45, 2.75) is 27.7 Å². The summed E-state index contributed by atoms with van der Waals surface area (Å²) in [5.41, 5.74) is 7.76. The predicted octanol–water partition coefficient (Wildman–Crippen LogP) is 10.4. The van der Waals surface area contributed by atoms with Crippen molar-refractivity contribution in [3.63, 3.8) is 0 Å². The average Bonchev–Trinajstić information content (AvgIpc) is 3.02. The Morgan fingerprint density at radius 1 is 0.458 bits per heavy atom. The van der Waals surface area contributed by atoms with Crippen LogP contribution in [0.15, 0.2) is 81.8 Å². The molecule has 0 radical (unpaired) electrons. The molecule has 0 bridgehead atoms. The van der Waals surface area contributed by atoms with Crippen molar-refractivity contribution >= 4 is 57.5 Å². The molecule has 0 atom stereocenters. The second kappa shape index (κ2) is 17.6. The maximum Gasteiger partial charge on any atom is 0.292 e. The van der Waals surface area contributed by atoms with E-state index in [4.69, 9.17) is 86.4 Å². The summed E-state index contributed by atoms with van der Waals surface area (Å²) in [6.45, 7) is 7.40. The molecular formula is C36H24Cl4N4O4. The number of nitriles is 4. The van der Waals surface area contributed by atoms with Crippen LogP contribution >= 0.6 is 46.4 Å². The first-order chi connectivity index (χ1) is 22.9. The molecule has 0 amide bonds. The van der Waals surface area contributed by atoms with Crippen molar-refractivity contribution in [1.29, 1.82) is 21.0 Å². The topological polar surface area (TPSA) is 132 Å². The highest BCUT2D eigenvalue weighted by Gasteiger charge is 2.16. The zero-order valence-electron chi connectivity index (χ0n) is 25.9. The van der Waals surface area contributed by atoms with Crippen molar-refractivity contribution in [3.05, 3.63) is 126 Å². The maximum absolute atomic E-state index is 8.63. The normalized spacial score (nSPS) is 9.58. The summed E-state index contributed by atoms with van der Waals surface area (Å²) in [5.74, 6) is 1.83. The van der Waals surface area contributed by atoms with E-state index in [1.54, 1.807) is 85.7 Å². The van der Waals surface area contributed by atoms with E-state index in [1.807, 2.05) is 39.8 Å². The summed E-state index contributed by atoms with van der Waals surface area (Å²) < 4.78 is 19.6. The maximum atomic E-state index is 8.63. The SMILES string of the molecule is Cc1cc(C(=C(Cl)Cl)c2ccc(OC#N)c(C)c2)ccc1OC#N.Cc1cc(OC#N)ccc1C(=C(Cl)Cl)c1ccc(OC#N)cc1C. The first kappa shape index (κ1) is 37.1. The highest BCUT2D eigenvalue weighted by molar-refractivity contribution is 6.59. The van der Waals surface area contributed by atoms with Crippen molar-refractivity contribution < 1.29 is 18.9 Å². The lowest BCUT2D eigenvalue weighted by Gasteiger charge is -2.15. The van der Waals surface area contributed by atoms with Crippen LogP contribution in [-0.4, -0.2) is 0 Å². The molecule has 0 unspecified atom stereocenters. The van der Waals surface area contributed by atoms with E-state index < -0.39 is 0 Å². The first-order valence-electron chi connectivity index (χ1n) is 13.7. The minimum atomic E-state index is 0.108. The van der Waals surface area contributed by atoms with Gasteiger partial charge in [0.25, 0.3) is 25.0 Å². The summed E-state index contributed by atoms with van der Waals surface area (Å²) in [6.07, 6.45) is 6.57. The number of nitrogens with zero attached hydrogens (tertiary/aromatic N) is 4. The fraction of sp³-hybridized carbons (Fsp3) is 0.111. The summed E-state index contributed by atoms with van der Waals surface area (Å²) in [5, 5.41) is 34.5. The quantitative estimate of drug-likeness (QED) is 0.164. The van der Waals surface area contributed by atoms with Crippen LogP contribution in [0, 0.1) is 73.8 Å². The molecule has 240 valence electrons. The van der Waals surface area contributed by atoms with Crippen LogP contribution in [0.4, 0.5) is 0 Å². The molecule has 0 heterocycles. The lowest BCUT2D eigenvalue weighted by atomic mass is 9.92. The van der Waals surface area contributed by atoms with E-state index in [0.717, 1.165) is 44.5 Å². The third kappa shape index (κ3) is 9.37. The van der Waals surface area contributed by atoms with Gasteiger partial charge in [0.15, 0.2) is 0 Å². The molecule has 0 saturated heterocycles. The number of halogens is 4. The molecule has 48 heavy (non-hydrogen) atoms. The monoisotopic (exact) mass is 716 g/mol. The third-order valence-electron chi connectivity index (χ3n) is 6.88. The van der Waals surface area contributed by atoms with Gasteiger partial charge < -0.3 is 18.9 Å². The highest BCUT2D eigenvalue weighted by Crippen LogP contribution is 2.37. The largest absolute Gasteiger partial charge is 0.388 e. The molecule has 4 rings (SSSR count). The van der Waals surface area contributed by atoms with Gasteiger partial charge in [-0.1, -0.05) is 70.7 Å². The predicted molar refractivity (Wildman–Crippen MR) is 185 cm³/mol. The third-order valence-corrected chi connectivity index (χ3v) is 7.63. The number of hydrogen-bond acceptors (Lipinski definition) is 8. The number of aryl methyl sites for hydroxylation is 4. The molecular weight excluding hydrogens is 694 g/mol. The van der Waals surface area contributed by atoms with E-state index in [0.29, 0.717) is 34.1 Å². The second-order valence-electron chi connectivity index (χ2n) is 9.96. The molecule has 8 nitrogen and oxygen atoms in total. The summed E-state index contributed by atoms with van der Waals surface area (Å²) in [4.78, 5) is 0. The molecule has 0 spiro atoms. The van der Waals surface area contributed by atoms with Crippen molar-refractivity contribution in [3.8, 4) is 48.0 Å². The fourth-order valence-corrected chi connectivity index (χ4v) is 5.58. The van der Waals surface area contributed by atoms with E-state index in [2.05, 4.69) is 0 Å². The van der Waals surface area contributed by atoms with Crippen LogP contribution < -0.4 is 18.9 Å². The summed E-state index contributed by atoms with van der Waals surface area (Å²) >= 11 is 24.5.